The van der Waals surface area contributed by atoms with Crippen LogP contribution in [-0.2, 0) is 14.3 Å². The number of aromatic nitrogens is 2. The van der Waals surface area contributed by atoms with E-state index in [0.717, 1.165) is 5.56 Å². The topological polar surface area (TPSA) is 112 Å². The molecule has 2 N–H and O–H groups in total. The zero-order valence-corrected chi connectivity index (χ0v) is 15.5. The number of anilines is 1. The summed E-state index contributed by atoms with van der Waals surface area (Å²) in [5, 5.41) is 0. The van der Waals surface area contributed by atoms with Gasteiger partial charge in [-0.2, -0.15) is 0 Å². The first-order valence-electron chi connectivity index (χ1n) is 8.61. The van der Waals surface area contributed by atoms with E-state index in [-0.39, 0.29) is 23.5 Å². The molecule has 1 aliphatic rings. The molecule has 1 saturated heterocycles. The summed E-state index contributed by atoms with van der Waals surface area (Å²) >= 11 is 0. The monoisotopic (exact) mass is 374 g/mol. The number of hydrazine groups is 1. The first-order valence-corrected chi connectivity index (χ1v) is 8.61. The van der Waals surface area contributed by atoms with Crippen molar-refractivity contribution in [1.82, 2.24) is 15.4 Å². The van der Waals surface area contributed by atoms with E-state index in [2.05, 4.69) is 20.8 Å². The van der Waals surface area contributed by atoms with Gasteiger partial charge in [-0.15, -0.1) is 0 Å². The van der Waals surface area contributed by atoms with Crippen molar-refractivity contribution in [3.8, 4) is 5.88 Å². The first kappa shape index (κ1) is 18.8. The summed E-state index contributed by atoms with van der Waals surface area (Å²) in [6, 6.07) is 3.34. The SMILES string of the molecule is COC(=O)c1cc2nc(NNC(=O)C3CCOCC3)c(OC)nc2cc1C. The van der Waals surface area contributed by atoms with Gasteiger partial charge in [0, 0.05) is 19.1 Å². The average Bonchev–Trinajstić information content (AvgIpc) is 2.70. The lowest BCUT2D eigenvalue weighted by atomic mass is 10.00. The van der Waals surface area contributed by atoms with Crippen LogP contribution >= 0.6 is 0 Å². The normalized spacial score (nSPS) is 14.6. The molecular weight excluding hydrogens is 352 g/mol. The second-order valence-corrected chi connectivity index (χ2v) is 6.23. The van der Waals surface area contributed by atoms with Gasteiger partial charge in [0.05, 0.1) is 30.8 Å². The number of carbonyl (C=O) groups excluding carboxylic acids is 2. The van der Waals surface area contributed by atoms with Crippen LogP contribution < -0.4 is 15.6 Å². The van der Waals surface area contributed by atoms with Crippen LogP contribution in [-0.4, -0.2) is 49.3 Å². The van der Waals surface area contributed by atoms with Gasteiger partial charge in [-0.05, 0) is 37.5 Å². The number of nitrogens with zero attached hydrogens (tertiary/aromatic N) is 2. The van der Waals surface area contributed by atoms with E-state index in [1.165, 1.54) is 14.2 Å². The highest BCUT2D eigenvalue weighted by atomic mass is 16.5. The molecule has 3 rings (SSSR count). The number of hydrogen-bond donors (Lipinski definition) is 2. The number of aryl methyl sites for hydroxylation is 1. The van der Waals surface area contributed by atoms with Gasteiger partial charge in [0.1, 0.15) is 0 Å². The quantitative estimate of drug-likeness (QED) is 0.600. The molecule has 0 bridgehead atoms. The largest absolute Gasteiger partial charge is 0.478 e. The fourth-order valence-corrected chi connectivity index (χ4v) is 2.93. The van der Waals surface area contributed by atoms with Crippen molar-refractivity contribution in [2.24, 2.45) is 5.92 Å². The number of carbonyl (C=O) groups is 2. The maximum Gasteiger partial charge on any atom is 0.338 e. The van der Waals surface area contributed by atoms with Crippen LogP contribution in [0.4, 0.5) is 5.82 Å². The van der Waals surface area contributed by atoms with Gasteiger partial charge in [0.15, 0.2) is 0 Å². The summed E-state index contributed by atoms with van der Waals surface area (Å²) in [5.41, 5.74) is 7.60. The summed E-state index contributed by atoms with van der Waals surface area (Å²) in [5.74, 6) is -0.208. The minimum Gasteiger partial charge on any atom is -0.478 e. The highest BCUT2D eigenvalue weighted by Gasteiger charge is 2.22. The molecule has 9 heteroatoms. The third-order valence-electron chi connectivity index (χ3n) is 4.47. The zero-order chi connectivity index (χ0) is 19.4. The van der Waals surface area contributed by atoms with Crippen molar-refractivity contribution in [2.75, 3.05) is 32.9 Å². The molecule has 1 fully saturated rings. The van der Waals surface area contributed by atoms with Crippen molar-refractivity contribution in [2.45, 2.75) is 19.8 Å². The Bertz CT molecular complexity index is 864. The molecule has 1 aromatic heterocycles. The molecule has 27 heavy (non-hydrogen) atoms. The lowest BCUT2D eigenvalue weighted by molar-refractivity contribution is -0.127. The fourth-order valence-electron chi connectivity index (χ4n) is 2.93. The van der Waals surface area contributed by atoms with E-state index in [1.807, 2.05) is 0 Å². The standard InChI is InChI=1S/C18H22N4O5/c1-10-8-13-14(9-12(10)18(24)26-3)19-15(17(20-13)25-2)21-22-16(23)11-4-6-27-7-5-11/h8-9,11H,4-7H2,1-3H3,(H,19,21)(H,22,23). The Morgan fingerprint density at radius 2 is 1.85 bits per heavy atom. The number of benzene rings is 1. The Morgan fingerprint density at radius 3 is 2.52 bits per heavy atom. The average molecular weight is 374 g/mol. The Hall–Kier alpha value is -2.94. The van der Waals surface area contributed by atoms with Crippen molar-refractivity contribution in [3.05, 3.63) is 23.3 Å². The van der Waals surface area contributed by atoms with E-state index >= 15 is 0 Å². The summed E-state index contributed by atoms with van der Waals surface area (Å²) in [6.45, 7) is 2.94. The van der Waals surface area contributed by atoms with E-state index < -0.39 is 5.97 Å². The van der Waals surface area contributed by atoms with E-state index in [4.69, 9.17) is 14.2 Å². The van der Waals surface area contributed by atoms with Gasteiger partial charge in [0.2, 0.25) is 11.7 Å². The predicted octanol–water partition coefficient (Wildman–Crippen LogP) is 1.60. The number of esters is 1. The number of fused-ring (bicyclic) bond motifs is 1. The highest BCUT2D eigenvalue weighted by Crippen LogP contribution is 2.25. The molecule has 0 atom stereocenters. The third-order valence-corrected chi connectivity index (χ3v) is 4.47. The van der Waals surface area contributed by atoms with Crippen molar-refractivity contribution in [1.29, 1.82) is 0 Å². The number of rotatable bonds is 5. The molecule has 2 aromatic rings. The lowest BCUT2D eigenvalue weighted by Crippen LogP contribution is -2.38. The van der Waals surface area contributed by atoms with Crippen LogP contribution in [0.5, 0.6) is 5.88 Å². The lowest BCUT2D eigenvalue weighted by Gasteiger charge is -2.21. The van der Waals surface area contributed by atoms with Gasteiger partial charge < -0.3 is 14.2 Å². The maximum absolute atomic E-state index is 12.3. The van der Waals surface area contributed by atoms with Gasteiger partial charge >= 0.3 is 5.97 Å². The third kappa shape index (κ3) is 4.08. The maximum atomic E-state index is 12.3. The van der Waals surface area contributed by atoms with Crippen molar-refractivity contribution < 1.29 is 23.8 Å². The molecule has 0 saturated carbocycles. The van der Waals surface area contributed by atoms with Crippen LogP contribution in [0.15, 0.2) is 12.1 Å². The number of nitrogens with one attached hydrogen (secondary N) is 2. The molecule has 0 unspecified atom stereocenters. The van der Waals surface area contributed by atoms with Crippen LogP contribution in [0, 0.1) is 12.8 Å². The van der Waals surface area contributed by atoms with Gasteiger partial charge in [-0.25, -0.2) is 14.8 Å². The van der Waals surface area contributed by atoms with E-state index in [9.17, 15) is 9.59 Å². The Kier molecular flexibility index (Phi) is 5.70. The molecule has 1 aromatic carbocycles. The fraction of sp³-hybridized carbons (Fsp3) is 0.444. The number of methoxy groups -OCH3 is 2. The molecule has 0 radical (unpaired) electrons. The summed E-state index contributed by atoms with van der Waals surface area (Å²) in [6.07, 6.45) is 1.35. The van der Waals surface area contributed by atoms with Crippen LogP contribution in [0.2, 0.25) is 0 Å². The molecule has 0 spiro atoms. The van der Waals surface area contributed by atoms with Gasteiger partial charge in [0.25, 0.3) is 5.88 Å². The van der Waals surface area contributed by atoms with Crippen molar-refractivity contribution in [3.63, 3.8) is 0 Å². The molecule has 1 amide bonds. The van der Waals surface area contributed by atoms with Crippen molar-refractivity contribution >= 4 is 28.7 Å². The van der Waals surface area contributed by atoms with Crippen LogP contribution in [0.3, 0.4) is 0 Å². The molecular formula is C18H22N4O5. The van der Waals surface area contributed by atoms with Crippen LogP contribution in [0.1, 0.15) is 28.8 Å². The smallest absolute Gasteiger partial charge is 0.338 e. The molecule has 0 aliphatic carbocycles. The van der Waals surface area contributed by atoms with Crippen LogP contribution in [0.25, 0.3) is 11.0 Å². The predicted molar refractivity (Wildman–Crippen MR) is 97.5 cm³/mol. The Morgan fingerprint density at radius 1 is 1.15 bits per heavy atom. The molecule has 9 nitrogen and oxygen atoms in total. The molecule has 144 valence electrons. The molecule has 1 aliphatic heterocycles. The number of ether oxygens (including phenoxy) is 3. The highest BCUT2D eigenvalue weighted by molar-refractivity contribution is 5.95. The first-order chi connectivity index (χ1) is 13.0. The minimum atomic E-state index is -0.450. The minimum absolute atomic E-state index is 0.112. The zero-order valence-electron chi connectivity index (χ0n) is 15.5. The van der Waals surface area contributed by atoms with E-state index in [1.54, 1.807) is 19.1 Å². The van der Waals surface area contributed by atoms with E-state index in [0.29, 0.717) is 42.7 Å². The summed E-state index contributed by atoms with van der Waals surface area (Å²) in [4.78, 5) is 33.0. The second-order valence-electron chi connectivity index (χ2n) is 6.23. The second kappa shape index (κ2) is 8.17. The molecule has 2 heterocycles. The number of hydrogen-bond acceptors (Lipinski definition) is 8. The Balaban J connectivity index is 1.85. The summed E-state index contributed by atoms with van der Waals surface area (Å²) < 4.78 is 15.3. The van der Waals surface area contributed by atoms with Gasteiger partial charge in [-0.1, -0.05) is 0 Å². The number of amides is 1. The summed E-state index contributed by atoms with van der Waals surface area (Å²) in [7, 11) is 2.79. The Labute approximate surface area is 156 Å². The van der Waals surface area contributed by atoms with Gasteiger partial charge in [-0.3, -0.25) is 15.6 Å².